The van der Waals surface area contributed by atoms with Gasteiger partial charge < -0.3 is 10.1 Å². The Balaban J connectivity index is 2.46. The Kier molecular flexibility index (Phi) is 7.31. The second-order valence-electron chi connectivity index (χ2n) is 5.73. The van der Waals surface area contributed by atoms with E-state index in [1.807, 2.05) is 6.92 Å². The summed E-state index contributed by atoms with van der Waals surface area (Å²) >= 11 is 0. The van der Waals surface area contributed by atoms with Gasteiger partial charge in [0.25, 0.3) is 0 Å². The minimum Gasteiger partial charge on any atom is -0.385 e. The summed E-state index contributed by atoms with van der Waals surface area (Å²) < 4.78 is 4.95. The molecule has 0 aliphatic heterocycles. The van der Waals surface area contributed by atoms with Crippen LogP contribution >= 0.6 is 0 Å². The molecule has 3 heteroatoms. The first-order valence-electron chi connectivity index (χ1n) is 7.40. The van der Waals surface area contributed by atoms with Gasteiger partial charge in [-0.05, 0) is 36.8 Å². The molecule has 1 rings (SSSR count). The smallest absolute Gasteiger partial charge is 0.220 e. The maximum atomic E-state index is 11.7. The molecule has 0 fully saturated rings. The maximum absolute atomic E-state index is 11.7. The van der Waals surface area contributed by atoms with Crippen molar-refractivity contribution in [3.63, 3.8) is 0 Å². The summed E-state index contributed by atoms with van der Waals surface area (Å²) in [5, 5.41) is 3.02. The number of rotatable bonds is 8. The number of carbonyl (C=O) groups is 1. The third kappa shape index (κ3) is 6.20. The highest BCUT2D eigenvalue weighted by molar-refractivity contribution is 5.76. The van der Waals surface area contributed by atoms with Gasteiger partial charge in [-0.1, -0.05) is 38.1 Å². The van der Waals surface area contributed by atoms with E-state index in [2.05, 4.69) is 43.4 Å². The normalized spacial score (nSPS) is 12.4. The van der Waals surface area contributed by atoms with E-state index in [1.54, 1.807) is 7.11 Å². The average molecular weight is 277 g/mol. The van der Waals surface area contributed by atoms with Gasteiger partial charge in [-0.3, -0.25) is 4.79 Å². The van der Waals surface area contributed by atoms with Crippen LogP contribution in [-0.2, 0) is 16.0 Å². The molecular weight excluding hydrogens is 250 g/mol. The quantitative estimate of drug-likeness (QED) is 0.739. The number of methoxy groups -OCH3 is 1. The summed E-state index contributed by atoms with van der Waals surface area (Å²) in [5.74, 6) is 0.750. The standard InChI is InChI=1S/C17H27NO2/c1-13(2)12-15-7-9-16(10-8-15)14(3)18-17(19)6-5-11-20-4/h7-10,13-14H,5-6,11-12H2,1-4H3,(H,18,19). The molecule has 1 aromatic rings. The van der Waals surface area contributed by atoms with Crippen LogP contribution in [0.25, 0.3) is 0 Å². The van der Waals surface area contributed by atoms with Gasteiger partial charge in [-0.2, -0.15) is 0 Å². The monoisotopic (exact) mass is 277 g/mol. The predicted molar refractivity (Wildman–Crippen MR) is 82.7 cm³/mol. The van der Waals surface area contributed by atoms with Crippen molar-refractivity contribution >= 4 is 5.91 Å². The Labute approximate surface area is 122 Å². The van der Waals surface area contributed by atoms with Crippen molar-refractivity contribution in [3.8, 4) is 0 Å². The third-order valence-electron chi connectivity index (χ3n) is 3.25. The first-order valence-corrected chi connectivity index (χ1v) is 7.40. The molecule has 1 N–H and O–H groups in total. The molecule has 0 spiro atoms. The lowest BCUT2D eigenvalue weighted by atomic mass is 10.00. The average Bonchev–Trinajstić information content (AvgIpc) is 2.39. The fraction of sp³-hybridized carbons (Fsp3) is 0.588. The molecule has 1 atom stereocenters. The highest BCUT2D eigenvalue weighted by Crippen LogP contribution is 2.15. The SMILES string of the molecule is COCCCC(=O)NC(C)c1ccc(CC(C)C)cc1. The zero-order valence-corrected chi connectivity index (χ0v) is 13.1. The number of ether oxygens (including phenoxy) is 1. The summed E-state index contributed by atoms with van der Waals surface area (Å²) in [6.45, 7) is 7.09. The molecule has 20 heavy (non-hydrogen) atoms. The largest absolute Gasteiger partial charge is 0.385 e. The van der Waals surface area contributed by atoms with Gasteiger partial charge in [-0.15, -0.1) is 0 Å². The number of hydrogen-bond donors (Lipinski definition) is 1. The van der Waals surface area contributed by atoms with E-state index in [0.29, 0.717) is 18.9 Å². The van der Waals surface area contributed by atoms with Crippen molar-refractivity contribution in [3.05, 3.63) is 35.4 Å². The van der Waals surface area contributed by atoms with Crippen molar-refractivity contribution in [1.29, 1.82) is 0 Å². The summed E-state index contributed by atoms with van der Waals surface area (Å²) in [5.41, 5.74) is 2.50. The predicted octanol–water partition coefficient (Wildman–Crippen LogP) is 3.49. The molecule has 0 bridgehead atoms. The Hall–Kier alpha value is -1.35. The molecule has 0 saturated carbocycles. The lowest BCUT2D eigenvalue weighted by molar-refractivity contribution is -0.122. The van der Waals surface area contributed by atoms with E-state index in [4.69, 9.17) is 4.74 Å². The summed E-state index contributed by atoms with van der Waals surface area (Å²) in [4.78, 5) is 11.7. The van der Waals surface area contributed by atoms with Gasteiger partial charge in [0.2, 0.25) is 5.91 Å². The lowest BCUT2D eigenvalue weighted by Gasteiger charge is -2.15. The zero-order valence-electron chi connectivity index (χ0n) is 13.1. The van der Waals surface area contributed by atoms with Crippen LogP contribution in [0.3, 0.4) is 0 Å². The van der Waals surface area contributed by atoms with Crippen LogP contribution in [0.2, 0.25) is 0 Å². The van der Waals surface area contributed by atoms with E-state index >= 15 is 0 Å². The summed E-state index contributed by atoms with van der Waals surface area (Å²) in [6.07, 6.45) is 2.38. The fourth-order valence-corrected chi connectivity index (χ4v) is 2.19. The second kappa shape index (κ2) is 8.75. The molecule has 0 radical (unpaired) electrons. The van der Waals surface area contributed by atoms with Crippen LogP contribution in [0.5, 0.6) is 0 Å². The Morgan fingerprint density at radius 3 is 2.40 bits per heavy atom. The molecule has 0 saturated heterocycles. The summed E-state index contributed by atoms with van der Waals surface area (Å²) in [6, 6.07) is 8.58. The van der Waals surface area contributed by atoms with Crippen molar-refractivity contribution < 1.29 is 9.53 Å². The van der Waals surface area contributed by atoms with E-state index in [0.717, 1.165) is 18.4 Å². The fourth-order valence-electron chi connectivity index (χ4n) is 2.19. The van der Waals surface area contributed by atoms with Crippen molar-refractivity contribution in [2.75, 3.05) is 13.7 Å². The molecular formula is C17H27NO2. The van der Waals surface area contributed by atoms with E-state index in [9.17, 15) is 4.79 Å². The zero-order chi connectivity index (χ0) is 15.0. The van der Waals surface area contributed by atoms with Gasteiger partial charge >= 0.3 is 0 Å². The molecule has 1 aromatic carbocycles. The van der Waals surface area contributed by atoms with Gasteiger partial charge in [-0.25, -0.2) is 0 Å². The van der Waals surface area contributed by atoms with E-state index in [-0.39, 0.29) is 11.9 Å². The maximum Gasteiger partial charge on any atom is 0.220 e. The number of benzene rings is 1. The first-order chi connectivity index (χ1) is 9.52. The molecule has 1 unspecified atom stereocenters. The highest BCUT2D eigenvalue weighted by Gasteiger charge is 2.09. The van der Waals surface area contributed by atoms with Crippen LogP contribution < -0.4 is 5.32 Å². The third-order valence-corrected chi connectivity index (χ3v) is 3.25. The molecule has 3 nitrogen and oxygen atoms in total. The van der Waals surface area contributed by atoms with Crippen molar-refractivity contribution in [2.24, 2.45) is 5.92 Å². The van der Waals surface area contributed by atoms with Gasteiger partial charge in [0.15, 0.2) is 0 Å². The molecule has 0 aromatic heterocycles. The number of carbonyl (C=O) groups excluding carboxylic acids is 1. The van der Waals surface area contributed by atoms with Crippen LogP contribution in [0.4, 0.5) is 0 Å². The van der Waals surface area contributed by atoms with Crippen LogP contribution in [0, 0.1) is 5.92 Å². The number of nitrogens with one attached hydrogen (secondary N) is 1. The Morgan fingerprint density at radius 2 is 1.85 bits per heavy atom. The number of hydrogen-bond acceptors (Lipinski definition) is 2. The first kappa shape index (κ1) is 16.7. The van der Waals surface area contributed by atoms with Crippen LogP contribution in [-0.4, -0.2) is 19.6 Å². The number of amides is 1. The molecule has 1 amide bonds. The molecule has 0 heterocycles. The van der Waals surface area contributed by atoms with Crippen LogP contribution in [0.1, 0.15) is 50.8 Å². The topological polar surface area (TPSA) is 38.3 Å². The Morgan fingerprint density at radius 1 is 1.20 bits per heavy atom. The van der Waals surface area contributed by atoms with Gasteiger partial charge in [0, 0.05) is 20.1 Å². The minimum absolute atomic E-state index is 0.0538. The minimum atomic E-state index is 0.0538. The summed E-state index contributed by atoms with van der Waals surface area (Å²) in [7, 11) is 1.65. The van der Waals surface area contributed by atoms with Gasteiger partial charge in [0.1, 0.15) is 0 Å². The Bertz CT molecular complexity index is 398. The molecule has 0 aliphatic carbocycles. The van der Waals surface area contributed by atoms with Crippen LogP contribution in [0.15, 0.2) is 24.3 Å². The molecule has 0 aliphatic rings. The molecule has 112 valence electrons. The highest BCUT2D eigenvalue weighted by atomic mass is 16.5. The second-order valence-corrected chi connectivity index (χ2v) is 5.73. The van der Waals surface area contributed by atoms with E-state index in [1.165, 1.54) is 5.56 Å². The van der Waals surface area contributed by atoms with Crippen molar-refractivity contribution in [2.45, 2.75) is 46.1 Å². The van der Waals surface area contributed by atoms with Gasteiger partial charge in [0.05, 0.1) is 6.04 Å². The van der Waals surface area contributed by atoms with E-state index < -0.39 is 0 Å². The lowest BCUT2D eigenvalue weighted by Crippen LogP contribution is -2.26. The van der Waals surface area contributed by atoms with Crippen molar-refractivity contribution in [1.82, 2.24) is 5.32 Å².